The van der Waals surface area contributed by atoms with E-state index in [0.29, 0.717) is 5.39 Å². The smallest absolute Gasteiger partial charge is 0.328 e. The molecular formula is C18H16N2O4. The highest BCUT2D eigenvalue weighted by Crippen LogP contribution is 2.06. The van der Waals surface area contributed by atoms with E-state index in [1.807, 2.05) is 31.2 Å². The van der Waals surface area contributed by atoms with E-state index in [2.05, 4.69) is 5.10 Å². The van der Waals surface area contributed by atoms with E-state index >= 15 is 0 Å². The number of esters is 1. The van der Waals surface area contributed by atoms with Gasteiger partial charge in [-0.1, -0.05) is 42.0 Å². The minimum atomic E-state index is -0.593. The van der Waals surface area contributed by atoms with E-state index in [0.717, 1.165) is 15.8 Å². The number of hydrogen-bond donors (Lipinski definition) is 1. The number of benzene rings is 2. The summed E-state index contributed by atoms with van der Waals surface area (Å²) in [4.78, 5) is 36.3. The van der Waals surface area contributed by atoms with Gasteiger partial charge in [0.2, 0.25) is 0 Å². The van der Waals surface area contributed by atoms with Crippen LogP contribution in [0.1, 0.15) is 11.1 Å². The quantitative estimate of drug-likeness (QED) is 0.741. The molecule has 122 valence electrons. The number of ether oxygens (including phenoxy) is 1. The van der Waals surface area contributed by atoms with Crippen LogP contribution in [0, 0.1) is 6.92 Å². The molecule has 2 aromatic carbocycles. The topological polar surface area (TPSA) is 81.2 Å². The van der Waals surface area contributed by atoms with Crippen LogP contribution in [0.4, 0.5) is 0 Å². The maximum absolute atomic E-state index is 12.3. The maximum Gasteiger partial charge on any atom is 0.328 e. The number of nitrogens with zero attached hydrogens (tertiary/aromatic N) is 1. The molecule has 0 unspecified atom stereocenters. The molecule has 0 saturated carbocycles. The predicted octanol–water partition coefficient (Wildman–Crippen LogP) is 1.74. The predicted molar refractivity (Wildman–Crippen MR) is 89.8 cm³/mol. The fourth-order valence-corrected chi connectivity index (χ4v) is 2.50. The number of hydrogen-bond acceptors (Lipinski definition) is 4. The van der Waals surface area contributed by atoms with Crippen molar-refractivity contribution in [3.8, 4) is 0 Å². The lowest BCUT2D eigenvalue weighted by Gasteiger charge is -2.08. The number of carbonyl (C=O) groups excluding carboxylic acids is 1. The van der Waals surface area contributed by atoms with E-state index in [9.17, 15) is 14.4 Å². The summed E-state index contributed by atoms with van der Waals surface area (Å²) in [7, 11) is 0. The minimum Gasteiger partial charge on any atom is -0.459 e. The monoisotopic (exact) mass is 324 g/mol. The van der Waals surface area contributed by atoms with Gasteiger partial charge >= 0.3 is 5.97 Å². The molecule has 0 amide bonds. The average Bonchev–Trinajstić information content (AvgIpc) is 2.58. The lowest BCUT2D eigenvalue weighted by atomic mass is 10.1. The molecule has 0 bridgehead atoms. The van der Waals surface area contributed by atoms with Gasteiger partial charge in [0, 0.05) is 0 Å². The molecule has 0 saturated heterocycles. The number of aromatic nitrogens is 2. The Morgan fingerprint density at radius 1 is 1.08 bits per heavy atom. The fourth-order valence-electron chi connectivity index (χ4n) is 2.50. The molecule has 1 aromatic heterocycles. The third kappa shape index (κ3) is 3.27. The van der Waals surface area contributed by atoms with Gasteiger partial charge in [-0.15, -0.1) is 0 Å². The highest BCUT2D eigenvalue weighted by Gasteiger charge is 2.11. The number of aromatic amines is 1. The molecule has 6 nitrogen and oxygen atoms in total. The van der Waals surface area contributed by atoms with Crippen molar-refractivity contribution in [2.45, 2.75) is 20.1 Å². The van der Waals surface area contributed by atoms with Gasteiger partial charge < -0.3 is 4.74 Å². The van der Waals surface area contributed by atoms with Crippen LogP contribution in [0.3, 0.4) is 0 Å². The zero-order chi connectivity index (χ0) is 17.1. The molecule has 0 aliphatic heterocycles. The summed E-state index contributed by atoms with van der Waals surface area (Å²) in [6.45, 7) is 1.72. The molecule has 0 aliphatic rings. The van der Waals surface area contributed by atoms with Crippen LogP contribution in [0.2, 0.25) is 0 Å². The summed E-state index contributed by atoms with van der Waals surface area (Å²) < 4.78 is 6.15. The lowest BCUT2D eigenvalue weighted by Crippen LogP contribution is -2.32. The van der Waals surface area contributed by atoms with Gasteiger partial charge in [-0.25, -0.2) is 4.68 Å². The molecule has 0 spiro atoms. The van der Waals surface area contributed by atoms with Gasteiger partial charge in [-0.2, -0.15) is 0 Å². The van der Waals surface area contributed by atoms with Crippen molar-refractivity contribution < 1.29 is 9.53 Å². The van der Waals surface area contributed by atoms with E-state index < -0.39 is 17.1 Å². The molecule has 0 fully saturated rings. The van der Waals surface area contributed by atoms with Crippen molar-refractivity contribution in [3.05, 3.63) is 80.4 Å². The van der Waals surface area contributed by atoms with Crippen molar-refractivity contribution in [1.82, 2.24) is 9.78 Å². The molecule has 6 heteroatoms. The highest BCUT2D eigenvalue weighted by molar-refractivity contribution is 5.80. The first-order valence-corrected chi connectivity index (χ1v) is 7.47. The summed E-state index contributed by atoms with van der Waals surface area (Å²) in [6, 6.07) is 14.1. The summed E-state index contributed by atoms with van der Waals surface area (Å²) in [5.41, 5.74) is 1.08. The van der Waals surface area contributed by atoms with E-state index in [1.165, 1.54) is 0 Å². The minimum absolute atomic E-state index is 0.118. The third-order valence-corrected chi connectivity index (χ3v) is 3.65. The van der Waals surface area contributed by atoms with Crippen molar-refractivity contribution >= 4 is 16.7 Å². The van der Waals surface area contributed by atoms with Crippen molar-refractivity contribution in [2.75, 3.05) is 0 Å². The zero-order valence-corrected chi connectivity index (χ0v) is 13.1. The van der Waals surface area contributed by atoms with Crippen molar-refractivity contribution in [1.29, 1.82) is 0 Å². The Labute approximate surface area is 137 Å². The number of carbonyl (C=O) groups is 1. The third-order valence-electron chi connectivity index (χ3n) is 3.65. The number of rotatable bonds is 4. The van der Waals surface area contributed by atoms with Crippen LogP contribution in [-0.4, -0.2) is 15.7 Å². The molecule has 0 radical (unpaired) electrons. The van der Waals surface area contributed by atoms with Crippen LogP contribution >= 0.6 is 0 Å². The average molecular weight is 324 g/mol. The maximum atomic E-state index is 12.3. The SMILES string of the molecule is Cc1cccc(COC(=O)Cn2[nH]c(=O)c3ccccc3c2=O)c1. The molecule has 1 N–H and O–H groups in total. The molecule has 1 heterocycles. The molecule has 0 aliphatic carbocycles. The van der Waals surface area contributed by atoms with Crippen LogP contribution in [0.15, 0.2) is 58.1 Å². The summed E-state index contributed by atoms with van der Waals surface area (Å²) in [5, 5.41) is 2.97. The van der Waals surface area contributed by atoms with Crippen LogP contribution in [0.5, 0.6) is 0 Å². The van der Waals surface area contributed by atoms with Crippen molar-refractivity contribution in [2.24, 2.45) is 0 Å². The lowest BCUT2D eigenvalue weighted by molar-refractivity contribution is -0.146. The van der Waals surface area contributed by atoms with Gasteiger partial charge in [-0.3, -0.25) is 19.5 Å². The summed E-state index contributed by atoms with van der Waals surface area (Å²) >= 11 is 0. The Morgan fingerprint density at radius 2 is 1.83 bits per heavy atom. The van der Waals surface area contributed by atoms with Gasteiger partial charge in [0.25, 0.3) is 11.1 Å². The van der Waals surface area contributed by atoms with Gasteiger partial charge in [0.05, 0.1) is 10.8 Å². The van der Waals surface area contributed by atoms with Gasteiger partial charge in [0.15, 0.2) is 0 Å². The van der Waals surface area contributed by atoms with Crippen LogP contribution in [-0.2, 0) is 22.7 Å². The van der Waals surface area contributed by atoms with E-state index in [1.54, 1.807) is 24.3 Å². The number of aryl methyl sites for hydroxylation is 1. The Morgan fingerprint density at radius 3 is 2.58 bits per heavy atom. The summed E-state index contributed by atoms with van der Waals surface area (Å²) in [6.07, 6.45) is 0. The second kappa shape index (κ2) is 6.54. The Balaban J connectivity index is 1.77. The Kier molecular flexibility index (Phi) is 4.29. The number of nitrogens with one attached hydrogen (secondary N) is 1. The van der Waals surface area contributed by atoms with E-state index in [-0.39, 0.29) is 18.5 Å². The standard InChI is InChI=1S/C18H16N2O4/c1-12-5-4-6-13(9-12)11-24-16(21)10-20-18(23)15-8-3-2-7-14(15)17(22)19-20/h2-9H,10-11H2,1H3,(H,19,22). The normalized spacial score (nSPS) is 10.7. The summed E-state index contributed by atoms with van der Waals surface area (Å²) in [5.74, 6) is -0.593. The Hall–Kier alpha value is -3.15. The first kappa shape index (κ1) is 15.7. The molecule has 0 atom stereocenters. The second-order valence-electron chi connectivity index (χ2n) is 5.53. The number of fused-ring (bicyclic) bond motifs is 1. The second-order valence-corrected chi connectivity index (χ2v) is 5.53. The van der Waals surface area contributed by atoms with Gasteiger partial charge in [-0.05, 0) is 24.6 Å². The fraction of sp³-hybridized carbons (Fsp3) is 0.167. The Bertz CT molecular complexity index is 1020. The van der Waals surface area contributed by atoms with Gasteiger partial charge in [0.1, 0.15) is 13.2 Å². The first-order valence-electron chi connectivity index (χ1n) is 7.47. The zero-order valence-electron chi connectivity index (χ0n) is 13.1. The molecule has 3 aromatic rings. The molecule has 24 heavy (non-hydrogen) atoms. The largest absolute Gasteiger partial charge is 0.459 e. The first-order chi connectivity index (χ1) is 11.5. The molecular weight excluding hydrogens is 308 g/mol. The van der Waals surface area contributed by atoms with Crippen LogP contribution < -0.4 is 11.1 Å². The van der Waals surface area contributed by atoms with Crippen molar-refractivity contribution in [3.63, 3.8) is 0 Å². The van der Waals surface area contributed by atoms with Crippen LogP contribution in [0.25, 0.3) is 10.8 Å². The number of H-pyrrole nitrogens is 1. The molecule has 3 rings (SSSR count). The van der Waals surface area contributed by atoms with E-state index in [4.69, 9.17) is 4.74 Å². The highest BCUT2D eigenvalue weighted by atomic mass is 16.5.